The van der Waals surface area contributed by atoms with Gasteiger partial charge in [-0.3, -0.25) is 9.59 Å². The number of hydrogen-bond acceptors (Lipinski definition) is 6. The number of nitrogens with one attached hydrogen (secondary N) is 3. The lowest BCUT2D eigenvalue weighted by atomic mass is 9.94. The molecule has 10 heteroatoms. The zero-order chi connectivity index (χ0) is 31.0. The van der Waals surface area contributed by atoms with Crippen molar-refractivity contribution in [3.05, 3.63) is 81.0 Å². The summed E-state index contributed by atoms with van der Waals surface area (Å²) in [5, 5.41) is 17.8. The van der Waals surface area contributed by atoms with Gasteiger partial charge in [0, 0.05) is 52.3 Å². The molecule has 0 bridgehead atoms. The molecule has 44 heavy (non-hydrogen) atoms. The van der Waals surface area contributed by atoms with Gasteiger partial charge in [0.25, 0.3) is 0 Å². The van der Waals surface area contributed by atoms with Crippen LogP contribution in [-0.2, 0) is 40.1 Å². The molecule has 1 aliphatic carbocycles. The standard InChI is InChI=1S/C34H35N3O7/c1-3-8-26(32(39)37-27(33(40)41)13-19-17-35-25-11-6-4-9-20(19)25)36-31(38)15-23-18(2)22-14-24-21-10-5-7-12-28(21)43-30(24)16-29(22)44-34(23)42/h4,6,9,11,14,16-17,26-27,35H,3,5,7-8,10,12-13,15H2,1-2H3,(H,36,38)(H,37,39)(H,40,41). The summed E-state index contributed by atoms with van der Waals surface area (Å²) >= 11 is 0. The minimum absolute atomic E-state index is 0.0718. The van der Waals surface area contributed by atoms with E-state index in [-0.39, 0.29) is 18.4 Å². The molecule has 0 fully saturated rings. The van der Waals surface area contributed by atoms with Gasteiger partial charge in [-0.05, 0) is 55.9 Å². The van der Waals surface area contributed by atoms with Crippen molar-refractivity contribution < 1.29 is 28.3 Å². The van der Waals surface area contributed by atoms with Crippen LogP contribution in [0.25, 0.3) is 32.8 Å². The average molecular weight is 598 g/mol. The number of aryl methyl sites for hydroxylation is 3. The fraction of sp³-hybridized carbons (Fsp3) is 0.353. The molecule has 10 nitrogen and oxygen atoms in total. The number of aliphatic carboxylic acids is 1. The number of aromatic amines is 1. The summed E-state index contributed by atoms with van der Waals surface area (Å²) in [7, 11) is 0. The molecule has 1 aliphatic rings. The van der Waals surface area contributed by atoms with Gasteiger partial charge in [-0.2, -0.15) is 0 Å². The van der Waals surface area contributed by atoms with Crippen LogP contribution >= 0.6 is 0 Å². The van der Waals surface area contributed by atoms with E-state index in [1.807, 2.05) is 37.3 Å². The molecule has 6 rings (SSSR count). The highest BCUT2D eigenvalue weighted by molar-refractivity contribution is 5.98. The van der Waals surface area contributed by atoms with Crippen molar-refractivity contribution in [2.24, 2.45) is 0 Å². The number of amides is 2. The monoisotopic (exact) mass is 597 g/mol. The quantitative estimate of drug-likeness (QED) is 0.168. The van der Waals surface area contributed by atoms with Gasteiger partial charge in [0.2, 0.25) is 11.8 Å². The van der Waals surface area contributed by atoms with E-state index in [1.165, 1.54) is 5.56 Å². The van der Waals surface area contributed by atoms with E-state index >= 15 is 0 Å². The molecule has 0 aliphatic heterocycles. The maximum atomic E-state index is 13.3. The molecule has 2 atom stereocenters. The normalized spacial score (nSPS) is 14.4. The van der Waals surface area contributed by atoms with Crippen LogP contribution in [0.1, 0.15) is 60.6 Å². The first-order chi connectivity index (χ1) is 21.2. The van der Waals surface area contributed by atoms with E-state index in [0.29, 0.717) is 29.6 Å². The molecular formula is C34H35N3O7. The summed E-state index contributed by atoms with van der Waals surface area (Å²) in [6.07, 6.45) is 6.39. The molecule has 0 radical (unpaired) electrons. The summed E-state index contributed by atoms with van der Waals surface area (Å²) in [6, 6.07) is 9.08. The van der Waals surface area contributed by atoms with Gasteiger partial charge in [-0.15, -0.1) is 0 Å². The third-order valence-corrected chi connectivity index (χ3v) is 8.64. The van der Waals surface area contributed by atoms with Gasteiger partial charge in [-0.1, -0.05) is 31.5 Å². The van der Waals surface area contributed by atoms with Gasteiger partial charge >= 0.3 is 11.6 Å². The number of para-hydroxylation sites is 1. The molecule has 0 saturated carbocycles. The van der Waals surface area contributed by atoms with E-state index in [1.54, 1.807) is 19.2 Å². The summed E-state index contributed by atoms with van der Waals surface area (Å²) in [5.41, 5.74) is 4.14. The Morgan fingerprint density at radius 1 is 0.977 bits per heavy atom. The molecule has 4 N–H and O–H groups in total. The molecule has 2 amide bonds. The average Bonchev–Trinajstić information content (AvgIpc) is 3.58. The minimum atomic E-state index is -1.20. The lowest BCUT2D eigenvalue weighted by Crippen LogP contribution is -2.52. The maximum Gasteiger partial charge on any atom is 0.340 e. The predicted molar refractivity (Wildman–Crippen MR) is 166 cm³/mol. The van der Waals surface area contributed by atoms with Crippen LogP contribution in [0.5, 0.6) is 0 Å². The predicted octanol–water partition coefficient (Wildman–Crippen LogP) is 4.85. The fourth-order valence-corrected chi connectivity index (χ4v) is 6.30. The van der Waals surface area contributed by atoms with E-state index in [0.717, 1.165) is 58.7 Å². The Morgan fingerprint density at radius 2 is 1.75 bits per heavy atom. The van der Waals surface area contributed by atoms with Crippen molar-refractivity contribution in [2.75, 3.05) is 0 Å². The summed E-state index contributed by atoms with van der Waals surface area (Å²) in [6.45, 7) is 3.66. The van der Waals surface area contributed by atoms with Gasteiger partial charge in [0.05, 0.1) is 12.0 Å². The number of carbonyl (C=O) groups excluding carboxylic acids is 2. The number of hydrogen-bond donors (Lipinski definition) is 4. The number of benzene rings is 2. The highest BCUT2D eigenvalue weighted by Gasteiger charge is 2.28. The molecule has 3 heterocycles. The Bertz CT molecular complexity index is 1960. The first-order valence-electron chi connectivity index (χ1n) is 15.1. The topological polar surface area (TPSA) is 155 Å². The zero-order valence-electron chi connectivity index (χ0n) is 24.7. The van der Waals surface area contributed by atoms with Crippen molar-refractivity contribution in [3.8, 4) is 0 Å². The van der Waals surface area contributed by atoms with Crippen LogP contribution in [0.4, 0.5) is 0 Å². The maximum absolute atomic E-state index is 13.3. The Kier molecular flexibility index (Phi) is 7.99. The Balaban J connectivity index is 1.19. The van der Waals surface area contributed by atoms with Crippen molar-refractivity contribution in [2.45, 2.75) is 77.3 Å². The Hall–Kier alpha value is -4.86. The largest absolute Gasteiger partial charge is 0.480 e. The first kappa shape index (κ1) is 29.2. The van der Waals surface area contributed by atoms with Crippen molar-refractivity contribution in [1.82, 2.24) is 15.6 Å². The van der Waals surface area contributed by atoms with E-state index in [2.05, 4.69) is 15.6 Å². The van der Waals surface area contributed by atoms with Crippen LogP contribution in [0.15, 0.2) is 56.2 Å². The molecule has 0 spiro atoms. The third kappa shape index (κ3) is 5.59. The third-order valence-electron chi connectivity index (χ3n) is 8.64. The number of carboxylic acid groups (broad SMARTS) is 1. The lowest BCUT2D eigenvalue weighted by Gasteiger charge is -2.21. The van der Waals surface area contributed by atoms with E-state index in [9.17, 15) is 24.3 Å². The number of carbonyl (C=O) groups is 3. The molecule has 5 aromatic rings. The molecule has 2 unspecified atom stereocenters. The number of furan rings is 1. The molecule has 3 aromatic heterocycles. The second-order valence-corrected chi connectivity index (χ2v) is 11.6. The van der Waals surface area contributed by atoms with Gasteiger partial charge in [-0.25, -0.2) is 9.59 Å². The van der Waals surface area contributed by atoms with Crippen LogP contribution in [0.3, 0.4) is 0 Å². The lowest BCUT2D eigenvalue weighted by molar-refractivity contribution is -0.142. The summed E-state index contributed by atoms with van der Waals surface area (Å²) in [4.78, 5) is 54.7. The van der Waals surface area contributed by atoms with Crippen LogP contribution in [-0.4, -0.2) is 40.0 Å². The number of rotatable bonds is 10. The molecule has 0 saturated heterocycles. The van der Waals surface area contributed by atoms with Gasteiger partial charge < -0.3 is 29.6 Å². The number of H-pyrrole nitrogens is 1. The second kappa shape index (κ2) is 12.0. The van der Waals surface area contributed by atoms with Gasteiger partial charge in [0.15, 0.2) is 0 Å². The Morgan fingerprint density at radius 3 is 2.55 bits per heavy atom. The molecule has 2 aromatic carbocycles. The second-order valence-electron chi connectivity index (χ2n) is 11.6. The zero-order valence-corrected chi connectivity index (χ0v) is 24.7. The smallest absolute Gasteiger partial charge is 0.340 e. The van der Waals surface area contributed by atoms with Crippen molar-refractivity contribution in [3.63, 3.8) is 0 Å². The van der Waals surface area contributed by atoms with Crippen LogP contribution in [0.2, 0.25) is 0 Å². The Labute approximate surface area is 252 Å². The van der Waals surface area contributed by atoms with E-state index in [4.69, 9.17) is 8.83 Å². The SMILES string of the molecule is CCCC(NC(=O)Cc1c(C)c2cc3c4c(oc3cc2oc1=O)CCCC4)C(=O)NC(Cc1c[nH]c2ccccc12)C(=O)O. The number of fused-ring (bicyclic) bond motifs is 5. The highest BCUT2D eigenvalue weighted by atomic mass is 16.4. The minimum Gasteiger partial charge on any atom is -0.480 e. The molecular weight excluding hydrogens is 562 g/mol. The first-order valence-corrected chi connectivity index (χ1v) is 15.1. The highest BCUT2D eigenvalue weighted by Crippen LogP contribution is 2.35. The number of aromatic nitrogens is 1. The molecule has 228 valence electrons. The van der Waals surface area contributed by atoms with Crippen LogP contribution in [0, 0.1) is 6.92 Å². The van der Waals surface area contributed by atoms with E-state index < -0.39 is 35.5 Å². The van der Waals surface area contributed by atoms with Crippen molar-refractivity contribution in [1.29, 1.82) is 0 Å². The summed E-state index contributed by atoms with van der Waals surface area (Å²) < 4.78 is 11.7. The van der Waals surface area contributed by atoms with Crippen molar-refractivity contribution >= 4 is 50.6 Å². The van der Waals surface area contributed by atoms with Crippen LogP contribution < -0.4 is 16.3 Å². The van der Waals surface area contributed by atoms with Gasteiger partial charge in [0.1, 0.15) is 29.0 Å². The number of carboxylic acids is 1. The fourth-order valence-electron chi connectivity index (χ4n) is 6.30. The summed E-state index contributed by atoms with van der Waals surface area (Å²) in [5.74, 6) is -1.32.